The normalized spacial score (nSPS) is 10.5. The first-order chi connectivity index (χ1) is 6.04. The minimum Gasteiger partial charge on any atom is -0.366 e. The molecule has 1 aromatic rings. The number of amides is 1. The van der Waals surface area contributed by atoms with E-state index in [9.17, 15) is 18.0 Å². The van der Waals surface area contributed by atoms with Gasteiger partial charge in [0.15, 0.2) is 5.82 Å². The molecule has 0 aliphatic heterocycles. The number of hydrogen-bond acceptors (Lipinski definition) is 2. The van der Waals surface area contributed by atoms with Crippen LogP contribution in [-0.2, 0) is 0 Å². The lowest BCUT2D eigenvalue weighted by Crippen LogP contribution is -2.15. The Balaban J connectivity index is 3.26. The molecule has 0 radical (unpaired) electrons. The molecule has 1 rings (SSSR count). The highest BCUT2D eigenvalue weighted by molar-refractivity contribution is 5.93. The zero-order valence-corrected chi connectivity index (χ0v) is 6.30. The van der Waals surface area contributed by atoms with Gasteiger partial charge in [0.05, 0.1) is 5.56 Å². The van der Waals surface area contributed by atoms with Crippen molar-refractivity contribution in [2.24, 2.45) is 5.73 Å². The van der Waals surface area contributed by atoms with Crippen molar-refractivity contribution in [2.45, 2.75) is 6.43 Å². The lowest BCUT2D eigenvalue weighted by Gasteiger charge is -2.02. The zero-order chi connectivity index (χ0) is 10.0. The maximum absolute atomic E-state index is 12.9. The third-order valence-corrected chi connectivity index (χ3v) is 1.39. The van der Waals surface area contributed by atoms with Crippen molar-refractivity contribution in [1.82, 2.24) is 4.98 Å². The maximum Gasteiger partial charge on any atom is 0.283 e. The third-order valence-electron chi connectivity index (χ3n) is 1.39. The van der Waals surface area contributed by atoms with E-state index in [1.165, 1.54) is 0 Å². The number of hydrogen-bond donors (Lipinski definition) is 1. The van der Waals surface area contributed by atoms with E-state index >= 15 is 0 Å². The molecule has 0 unspecified atom stereocenters. The molecular formula is C7H5F3N2O. The fourth-order valence-electron chi connectivity index (χ4n) is 0.802. The van der Waals surface area contributed by atoms with Crippen LogP contribution in [0.2, 0.25) is 0 Å². The number of nitrogens with two attached hydrogens (primary N) is 1. The molecule has 0 fully saturated rings. The van der Waals surface area contributed by atoms with Crippen molar-refractivity contribution in [1.29, 1.82) is 0 Å². The SMILES string of the molecule is NC(=O)c1ccnc(C(F)F)c1F. The van der Waals surface area contributed by atoms with Crippen LogP contribution >= 0.6 is 0 Å². The predicted molar refractivity (Wildman–Crippen MR) is 37.7 cm³/mol. The number of nitrogens with zero attached hydrogens (tertiary/aromatic N) is 1. The number of halogens is 3. The van der Waals surface area contributed by atoms with Crippen LogP contribution in [0, 0.1) is 5.82 Å². The average molecular weight is 190 g/mol. The molecule has 0 atom stereocenters. The van der Waals surface area contributed by atoms with E-state index in [4.69, 9.17) is 5.73 Å². The molecule has 0 saturated heterocycles. The molecule has 1 heterocycles. The number of primary amides is 1. The molecule has 70 valence electrons. The fourth-order valence-corrected chi connectivity index (χ4v) is 0.802. The monoisotopic (exact) mass is 190 g/mol. The van der Waals surface area contributed by atoms with Crippen LogP contribution in [0.3, 0.4) is 0 Å². The number of pyridine rings is 1. The van der Waals surface area contributed by atoms with Gasteiger partial charge in [-0.25, -0.2) is 13.2 Å². The van der Waals surface area contributed by atoms with Crippen molar-refractivity contribution < 1.29 is 18.0 Å². The second-order valence-corrected chi connectivity index (χ2v) is 2.22. The molecule has 1 aromatic heterocycles. The summed E-state index contributed by atoms with van der Waals surface area (Å²) in [5, 5.41) is 0. The number of aromatic nitrogens is 1. The summed E-state index contributed by atoms with van der Waals surface area (Å²) in [6.07, 6.45) is -2.15. The van der Waals surface area contributed by atoms with Crippen LogP contribution in [0.15, 0.2) is 12.3 Å². The smallest absolute Gasteiger partial charge is 0.283 e. The van der Waals surface area contributed by atoms with Crippen molar-refractivity contribution >= 4 is 5.91 Å². The van der Waals surface area contributed by atoms with Crippen LogP contribution < -0.4 is 5.73 Å². The van der Waals surface area contributed by atoms with Gasteiger partial charge in [-0.1, -0.05) is 0 Å². The minimum absolute atomic E-state index is 0.578. The van der Waals surface area contributed by atoms with Crippen molar-refractivity contribution in [2.75, 3.05) is 0 Å². The predicted octanol–water partition coefficient (Wildman–Crippen LogP) is 1.26. The maximum atomic E-state index is 12.9. The van der Waals surface area contributed by atoms with E-state index < -0.39 is 29.4 Å². The van der Waals surface area contributed by atoms with Crippen LogP contribution in [-0.4, -0.2) is 10.9 Å². The van der Waals surface area contributed by atoms with Gasteiger partial charge in [0, 0.05) is 6.20 Å². The van der Waals surface area contributed by atoms with Crippen LogP contribution in [0.4, 0.5) is 13.2 Å². The van der Waals surface area contributed by atoms with E-state index in [2.05, 4.69) is 4.98 Å². The summed E-state index contributed by atoms with van der Waals surface area (Å²) in [6.45, 7) is 0. The standard InChI is InChI=1S/C7H5F3N2O/c8-4-3(7(11)13)1-2-12-5(4)6(9)10/h1-2,6H,(H2,11,13). The van der Waals surface area contributed by atoms with Gasteiger partial charge in [0.1, 0.15) is 5.69 Å². The summed E-state index contributed by atoms with van der Waals surface area (Å²) >= 11 is 0. The first-order valence-electron chi connectivity index (χ1n) is 3.26. The first kappa shape index (κ1) is 9.50. The molecule has 1 amide bonds. The molecular weight excluding hydrogens is 185 g/mol. The highest BCUT2D eigenvalue weighted by Crippen LogP contribution is 2.21. The molecule has 0 aliphatic rings. The van der Waals surface area contributed by atoms with Gasteiger partial charge in [-0.3, -0.25) is 9.78 Å². The van der Waals surface area contributed by atoms with E-state index in [1.807, 2.05) is 0 Å². The van der Waals surface area contributed by atoms with Gasteiger partial charge < -0.3 is 5.73 Å². The largest absolute Gasteiger partial charge is 0.366 e. The van der Waals surface area contributed by atoms with Gasteiger partial charge in [0.2, 0.25) is 0 Å². The minimum atomic E-state index is -3.06. The van der Waals surface area contributed by atoms with Gasteiger partial charge in [-0.05, 0) is 6.07 Å². The second kappa shape index (κ2) is 3.42. The fraction of sp³-hybridized carbons (Fsp3) is 0.143. The number of alkyl halides is 2. The van der Waals surface area contributed by atoms with Gasteiger partial charge in [-0.15, -0.1) is 0 Å². The summed E-state index contributed by atoms with van der Waals surface area (Å²) in [7, 11) is 0. The summed E-state index contributed by atoms with van der Waals surface area (Å²) in [5.41, 5.74) is 3.09. The topological polar surface area (TPSA) is 56.0 Å². The zero-order valence-electron chi connectivity index (χ0n) is 6.30. The summed E-state index contributed by atoms with van der Waals surface area (Å²) < 4.78 is 37.0. The highest BCUT2D eigenvalue weighted by atomic mass is 19.3. The van der Waals surface area contributed by atoms with Crippen molar-refractivity contribution in [3.05, 3.63) is 29.3 Å². The molecule has 0 spiro atoms. The van der Waals surface area contributed by atoms with E-state index in [1.54, 1.807) is 0 Å². The Kier molecular flexibility index (Phi) is 2.50. The Morgan fingerprint density at radius 1 is 1.54 bits per heavy atom. The second-order valence-electron chi connectivity index (χ2n) is 2.22. The molecule has 6 heteroatoms. The number of carbonyl (C=O) groups is 1. The number of carbonyl (C=O) groups excluding carboxylic acids is 1. The third kappa shape index (κ3) is 1.77. The summed E-state index contributed by atoms with van der Waals surface area (Å²) in [5.74, 6) is -2.45. The molecule has 0 bridgehead atoms. The van der Waals surface area contributed by atoms with Crippen LogP contribution in [0.5, 0.6) is 0 Å². The highest BCUT2D eigenvalue weighted by Gasteiger charge is 2.19. The van der Waals surface area contributed by atoms with Crippen molar-refractivity contribution in [3.63, 3.8) is 0 Å². The lowest BCUT2D eigenvalue weighted by molar-refractivity contribution is 0.0993. The Labute approximate surface area is 71.4 Å². The van der Waals surface area contributed by atoms with Gasteiger partial charge >= 0.3 is 0 Å². The van der Waals surface area contributed by atoms with Crippen LogP contribution in [0.1, 0.15) is 22.5 Å². The lowest BCUT2D eigenvalue weighted by atomic mass is 10.2. The Morgan fingerprint density at radius 3 is 2.62 bits per heavy atom. The Hall–Kier alpha value is -1.59. The Bertz CT molecular complexity index is 341. The first-order valence-corrected chi connectivity index (χ1v) is 3.26. The van der Waals surface area contributed by atoms with E-state index in [-0.39, 0.29) is 0 Å². The van der Waals surface area contributed by atoms with Gasteiger partial charge in [-0.2, -0.15) is 0 Å². The quantitative estimate of drug-likeness (QED) is 0.763. The summed E-state index contributed by atoms with van der Waals surface area (Å²) in [6, 6.07) is 0.948. The van der Waals surface area contributed by atoms with E-state index in [0.717, 1.165) is 12.3 Å². The molecule has 2 N–H and O–H groups in total. The average Bonchev–Trinajstić information content (AvgIpc) is 2.03. The molecule has 0 aromatic carbocycles. The van der Waals surface area contributed by atoms with Gasteiger partial charge in [0.25, 0.3) is 12.3 Å². The molecule has 3 nitrogen and oxygen atoms in total. The molecule has 0 aliphatic carbocycles. The van der Waals surface area contributed by atoms with E-state index in [0.29, 0.717) is 0 Å². The summed E-state index contributed by atoms with van der Waals surface area (Å²) in [4.78, 5) is 13.6. The van der Waals surface area contributed by atoms with Crippen molar-refractivity contribution in [3.8, 4) is 0 Å². The Morgan fingerprint density at radius 2 is 2.15 bits per heavy atom. The number of rotatable bonds is 2. The molecule has 13 heavy (non-hydrogen) atoms. The van der Waals surface area contributed by atoms with Crippen LogP contribution in [0.25, 0.3) is 0 Å². The molecule has 0 saturated carbocycles.